The molecular formula is C9H8F3O. The van der Waals surface area contributed by atoms with E-state index in [1.165, 1.54) is 25.3 Å². The minimum Gasteiger partial charge on any atom is -0.496 e. The largest absolute Gasteiger partial charge is 0.496 e. The van der Waals surface area contributed by atoms with Crippen molar-refractivity contribution in [1.29, 1.82) is 0 Å². The molecule has 13 heavy (non-hydrogen) atoms. The highest BCUT2D eigenvalue weighted by Crippen LogP contribution is 2.22. The van der Waals surface area contributed by atoms with E-state index in [4.69, 9.17) is 4.74 Å². The predicted octanol–water partition coefficient (Wildman–Crippen LogP) is 2.60. The number of ether oxygens (including phenoxy) is 1. The topological polar surface area (TPSA) is 9.23 Å². The molecule has 0 bridgehead atoms. The average Bonchev–Trinajstić information content (AvgIpc) is 2.03. The number of rotatable bonds is 2. The zero-order valence-corrected chi connectivity index (χ0v) is 6.98. The van der Waals surface area contributed by atoms with Gasteiger partial charge in [0.1, 0.15) is 5.75 Å². The van der Waals surface area contributed by atoms with Gasteiger partial charge in [0.2, 0.25) is 0 Å². The molecular weight excluding hydrogens is 181 g/mol. The third kappa shape index (κ3) is 3.36. The maximum absolute atomic E-state index is 11.9. The van der Waals surface area contributed by atoms with E-state index in [0.29, 0.717) is 5.75 Å². The van der Waals surface area contributed by atoms with Gasteiger partial charge in [0.05, 0.1) is 13.5 Å². The van der Waals surface area contributed by atoms with Gasteiger partial charge >= 0.3 is 6.18 Å². The minimum absolute atomic E-state index is 0.188. The van der Waals surface area contributed by atoms with E-state index in [2.05, 4.69) is 6.07 Å². The van der Waals surface area contributed by atoms with Gasteiger partial charge in [-0.2, -0.15) is 13.2 Å². The highest BCUT2D eigenvalue weighted by Gasteiger charge is 2.27. The Morgan fingerprint density at radius 1 is 1.38 bits per heavy atom. The molecule has 0 N–H and O–H groups in total. The van der Waals surface area contributed by atoms with Gasteiger partial charge < -0.3 is 4.74 Å². The highest BCUT2D eigenvalue weighted by atomic mass is 19.4. The molecule has 1 aromatic carbocycles. The summed E-state index contributed by atoms with van der Waals surface area (Å²) in [4.78, 5) is 0. The molecule has 0 atom stereocenters. The second-order valence-electron chi connectivity index (χ2n) is 2.56. The first-order valence-corrected chi connectivity index (χ1v) is 3.62. The molecule has 0 heterocycles. The zero-order valence-electron chi connectivity index (χ0n) is 6.98. The lowest BCUT2D eigenvalue weighted by atomic mass is 10.1. The van der Waals surface area contributed by atoms with Crippen molar-refractivity contribution < 1.29 is 17.9 Å². The van der Waals surface area contributed by atoms with Crippen LogP contribution in [0.3, 0.4) is 0 Å². The van der Waals surface area contributed by atoms with Gasteiger partial charge in [-0.3, -0.25) is 0 Å². The van der Waals surface area contributed by atoms with E-state index in [1.807, 2.05) is 0 Å². The molecule has 0 spiro atoms. The first kappa shape index (κ1) is 9.89. The molecule has 0 aromatic heterocycles. The summed E-state index contributed by atoms with van der Waals surface area (Å²) in [5, 5.41) is 0. The fraction of sp³-hybridized carbons (Fsp3) is 0.333. The second kappa shape index (κ2) is 3.68. The molecule has 4 heteroatoms. The summed E-state index contributed by atoms with van der Waals surface area (Å²) >= 11 is 0. The number of methoxy groups -OCH3 is 1. The second-order valence-corrected chi connectivity index (χ2v) is 2.56. The van der Waals surface area contributed by atoms with Gasteiger partial charge in [0.15, 0.2) is 0 Å². The minimum atomic E-state index is -4.16. The summed E-state index contributed by atoms with van der Waals surface area (Å²) in [5.74, 6) is 0.436. The van der Waals surface area contributed by atoms with Crippen LogP contribution in [0.5, 0.6) is 5.75 Å². The maximum atomic E-state index is 11.9. The third-order valence-electron chi connectivity index (χ3n) is 1.47. The van der Waals surface area contributed by atoms with Gasteiger partial charge in [-0.1, -0.05) is 6.07 Å². The molecule has 0 saturated carbocycles. The van der Waals surface area contributed by atoms with Crippen LogP contribution in [0.15, 0.2) is 18.2 Å². The molecule has 0 unspecified atom stereocenters. The fourth-order valence-corrected chi connectivity index (χ4v) is 0.911. The molecule has 1 radical (unpaired) electrons. The van der Waals surface area contributed by atoms with Gasteiger partial charge in [0.25, 0.3) is 0 Å². The Morgan fingerprint density at radius 2 is 2.08 bits per heavy atom. The van der Waals surface area contributed by atoms with Crippen LogP contribution in [-0.4, -0.2) is 13.3 Å². The number of hydrogen-bond donors (Lipinski definition) is 0. The van der Waals surface area contributed by atoms with Crippen LogP contribution in [0.4, 0.5) is 13.2 Å². The summed E-state index contributed by atoms with van der Waals surface area (Å²) in [6, 6.07) is 6.71. The normalized spacial score (nSPS) is 11.4. The average molecular weight is 189 g/mol. The summed E-state index contributed by atoms with van der Waals surface area (Å²) in [6.45, 7) is 0. The molecule has 0 amide bonds. The number of hydrogen-bond acceptors (Lipinski definition) is 1. The molecule has 1 aromatic rings. The lowest BCUT2D eigenvalue weighted by molar-refractivity contribution is -0.127. The quantitative estimate of drug-likeness (QED) is 0.694. The van der Waals surface area contributed by atoms with E-state index in [1.54, 1.807) is 0 Å². The lowest BCUT2D eigenvalue weighted by Gasteiger charge is -2.06. The van der Waals surface area contributed by atoms with E-state index in [-0.39, 0.29) is 5.56 Å². The maximum Gasteiger partial charge on any atom is 0.393 e. The number of alkyl halides is 3. The van der Waals surface area contributed by atoms with Crippen LogP contribution in [0.25, 0.3) is 0 Å². The monoisotopic (exact) mass is 189 g/mol. The zero-order chi connectivity index (χ0) is 9.90. The highest BCUT2D eigenvalue weighted by molar-refractivity contribution is 5.26. The third-order valence-corrected chi connectivity index (χ3v) is 1.47. The summed E-state index contributed by atoms with van der Waals surface area (Å²) in [5.41, 5.74) is 0.188. The Kier molecular flexibility index (Phi) is 2.80. The summed E-state index contributed by atoms with van der Waals surface area (Å²) in [7, 11) is 1.44. The molecule has 1 rings (SSSR count). The van der Waals surface area contributed by atoms with Crippen molar-refractivity contribution in [1.82, 2.24) is 0 Å². The molecule has 0 saturated heterocycles. The molecule has 0 aliphatic heterocycles. The first-order chi connectivity index (χ1) is 6.01. The van der Waals surface area contributed by atoms with Crippen molar-refractivity contribution in [2.24, 2.45) is 0 Å². The van der Waals surface area contributed by atoms with Crippen LogP contribution < -0.4 is 4.74 Å². The van der Waals surface area contributed by atoms with Gasteiger partial charge in [-0.05, 0) is 17.7 Å². The van der Waals surface area contributed by atoms with E-state index < -0.39 is 12.6 Å². The Bertz CT molecular complexity index is 263. The van der Waals surface area contributed by atoms with E-state index in [0.717, 1.165) is 0 Å². The van der Waals surface area contributed by atoms with Crippen LogP contribution >= 0.6 is 0 Å². The van der Waals surface area contributed by atoms with Gasteiger partial charge in [0, 0.05) is 6.07 Å². The van der Waals surface area contributed by atoms with Crippen molar-refractivity contribution in [3.05, 3.63) is 29.8 Å². The number of benzene rings is 1. The van der Waals surface area contributed by atoms with Crippen molar-refractivity contribution in [3.63, 3.8) is 0 Å². The standard InChI is InChI=1S/C9H8F3O/c1-13-8-4-2-7(3-5-8)6-9(10,11)12/h2-4H,6H2,1H3. The summed E-state index contributed by atoms with van der Waals surface area (Å²) < 4.78 is 40.4. The van der Waals surface area contributed by atoms with Crippen molar-refractivity contribution in [2.45, 2.75) is 12.6 Å². The fourth-order valence-electron chi connectivity index (χ4n) is 0.911. The Morgan fingerprint density at radius 3 is 2.46 bits per heavy atom. The Balaban J connectivity index is 2.70. The van der Waals surface area contributed by atoms with Crippen molar-refractivity contribution >= 4 is 0 Å². The SMILES string of the molecule is COc1[c]cc(CC(F)(F)F)cc1. The van der Waals surface area contributed by atoms with Crippen molar-refractivity contribution in [2.75, 3.05) is 7.11 Å². The molecule has 0 aliphatic carbocycles. The van der Waals surface area contributed by atoms with Crippen LogP contribution in [0, 0.1) is 6.07 Å². The van der Waals surface area contributed by atoms with Crippen molar-refractivity contribution in [3.8, 4) is 5.75 Å². The van der Waals surface area contributed by atoms with E-state index in [9.17, 15) is 13.2 Å². The smallest absolute Gasteiger partial charge is 0.393 e. The van der Waals surface area contributed by atoms with Crippen LogP contribution in [0.1, 0.15) is 5.56 Å². The lowest BCUT2D eigenvalue weighted by Crippen LogP contribution is -2.11. The van der Waals surface area contributed by atoms with Gasteiger partial charge in [-0.15, -0.1) is 0 Å². The first-order valence-electron chi connectivity index (χ1n) is 3.62. The molecule has 1 nitrogen and oxygen atoms in total. The Labute approximate surface area is 74.1 Å². The predicted molar refractivity (Wildman–Crippen MR) is 41.6 cm³/mol. The number of halogens is 3. The van der Waals surface area contributed by atoms with Crippen LogP contribution in [-0.2, 0) is 6.42 Å². The van der Waals surface area contributed by atoms with Crippen LogP contribution in [0.2, 0.25) is 0 Å². The summed E-state index contributed by atoms with van der Waals surface area (Å²) in [6.07, 6.45) is -5.09. The van der Waals surface area contributed by atoms with E-state index >= 15 is 0 Å². The molecule has 0 fully saturated rings. The molecule has 0 aliphatic rings. The molecule has 71 valence electrons. The Hall–Kier alpha value is -1.19. The van der Waals surface area contributed by atoms with Gasteiger partial charge in [-0.25, -0.2) is 0 Å².